The zero-order valence-electron chi connectivity index (χ0n) is 12.9. The topological polar surface area (TPSA) is 45.7 Å². The Labute approximate surface area is 131 Å². The van der Waals surface area contributed by atoms with Gasteiger partial charge in [0.25, 0.3) is 0 Å². The molecule has 1 amide bonds. The monoisotopic (exact) mass is 301 g/mol. The van der Waals surface area contributed by atoms with Crippen LogP contribution < -0.4 is 0 Å². The molecule has 0 aliphatic carbocycles. The number of rotatable bonds is 3. The minimum absolute atomic E-state index is 0.102. The highest BCUT2D eigenvalue weighted by molar-refractivity contribution is 5.79. The van der Waals surface area contributed by atoms with Crippen molar-refractivity contribution >= 4 is 5.91 Å². The number of ether oxygens (including phenoxy) is 1. The highest BCUT2D eigenvalue weighted by Gasteiger charge is 2.44. The number of fused-ring (bicyclic) bond motifs is 1. The average Bonchev–Trinajstić information content (AvgIpc) is 3.26. The van der Waals surface area contributed by atoms with Gasteiger partial charge < -0.3 is 9.64 Å². The van der Waals surface area contributed by atoms with Crippen LogP contribution in [0.4, 0.5) is 0 Å². The fourth-order valence-electron chi connectivity index (χ4n) is 4.14. The lowest BCUT2D eigenvalue weighted by Crippen LogP contribution is -2.39. The van der Waals surface area contributed by atoms with Gasteiger partial charge in [0, 0.05) is 44.7 Å². The largest absolute Gasteiger partial charge is 0.381 e. The van der Waals surface area contributed by atoms with Gasteiger partial charge in [-0.2, -0.15) is 0 Å². The molecule has 118 valence electrons. The molecule has 0 N–H and O–H groups in total. The number of hydrogen-bond acceptors (Lipinski definition) is 4. The molecule has 0 unspecified atom stereocenters. The lowest BCUT2D eigenvalue weighted by molar-refractivity contribution is -0.134. The standard InChI is InChI=1S/C17H23N3O2/c21-17(15-4-7-22-12-15)20-10-14-3-6-19(16(14)11-20)9-13-2-1-5-18-8-13/h1-2,5,8,14-16H,3-4,6-7,9-12H2/t14-,15+,16+/m0/s1. The van der Waals surface area contributed by atoms with Crippen LogP contribution in [0.3, 0.4) is 0 Å². The molecule has 4 rings (SSSR count). The summed E-state index contributed by atoms with van der Waals surface area (Å²) in [5, 5.41) is 0. The van der Waals surface area contributed by atoms with Gasteiger partial charge in [0.05, 0.1) is 12.5 Å². The first-order valence-electron chi connectivity index (χ1n) is 8.31. The minimum Gasteiger partial charge on any atom is -0.381 e. The molecule has 0 bridgehead atoms. The van der Waals surface area contributed by atoms with Gasteiger partial charge in [0.1, 0.15) is 0 Å². The van der Waals surface area contributed by atoms with Gasteiger partial charge in [0.15, 0.2) is 0 Å². The summed E-state index contributed by atoms with van der Waals surface area (Å²) in [6, 6.07) is 4.65. The van der Waals surface area contributed by atoms with Crippen molar-refractivity contribution in [2.24, 2.45) is 11.8 Å². The van der Waals surface area contributed by atoms with Crippen molar-refractivity contribution in [1.82, 2.24) is 14.8 Å². The Bertz CT molecular complexity index is 530. The van der Waals surface area contributed by atoms with E-state index in [1.165, 1.54) is 12.0 Å². The second-order valence-corrected chi connectivity index (χ2v) is 6.75. The second kappa shape index (κ2) is 5.97. The highest BCUT2D eigenvalue weighted by Crippen LogP contribution is 2.33. The molecule has 0 saturated carbocycles. The van der Waals surface area contributed by atoms with Crippen molar-refractivity contribution in [3.63, 3.8) is 0 Å². The first kappa shape index (κ1) is 14.2. The van der Waals surface area contributed by atoms with Crippen LogP contribution in [0.1, 0.15) is 18.4 Å². The van der Waals surface area contributed by atoms with Crippen molar-refractivity contribution in [2.45, 2.75) is 25.4 Å². The summed E-state index contributed by atoms with van der Waals surface area (Å²) >= 11 is 0. The SMILES string of the molecule is O=C([C@@H]1CCOC1)N1C[C@@H]2CCN(Cc3cccnc3)[C@@H]2C1. The van der Waals surface area contributed by atoms with Crippen LogP contribution in [0.2, 0.25) is 0 Å². The normalized spacial score (nSPS) is 31.6. The molecule has 22 heavy (non-hydrogen) atoms. The first-order valence-corrected chi connectivity index (χ1v) is 8.31. The van der Waals surface area contributed by atoms with Crippen LogP contribution in [-0.4, -0.2) is 59.6 Å². The molecule has 0 aromatic carbocycles. The van der Waals surface area contributed by atoms with Crippen LogP contribution in [0, 0.1) is 11.8 Å². The maximum absolute atomic E-state index is 12.6. The van der Waals surface area contributed by atoms with Crippen molar-refractivity contribution in [3.05, 3.63) is 30.1 Å². The molecule has 3 atom stereocenters. The van der Waals surface area contributed by atoms with Crippen LogP contribution in [-0.2, 0) is 16.1 Å². The molecule has 3 aliphatic rings. The predicted molar refractivity (Wildman–Crippen MR) is 82.0 cm³/mol. The van der Waals surface area contributed by atoms with Gasteiger partial charge in [-0.05, 0) is 36.9 Å². The third-order valence-electron chi connectivity index (χ3n) is 5.36. The Hall–Kier alpha value is -1.46. The molecule has 5 nitrogen and oxygen atoms in total. The van der Waals surface area contributed by atoms with Gasteiger partial charge in [-0.15, -0.1) is 0 Å². The number of pyridine rings is 1. The van der Waals surface area contributed by atoms with E-state index < -0.39 is 0 Å². The van der Waals surface area contributed by atoms with E-state index in [1.54, 1.807) is 0 Å². The quantitative estimate of drug-likeness (QED) is 0.840. The van der Waals surface area contributed by atoms with E-state index in [0.717, 1.165) is 39.2 Å². The molecule has 1 aromatic rings. The van der Waals surface area contributed by atoms with Gasteiger partial charge >= 0.3 is 0 Å². The Morgan fingerprint density at radius 3 is 3.09 bits per heavy atom. The minimum atomic E-state index is 0.102. The van der Waals surface area contributed by atoms with E-state index in [4.69, 9.17) is 4.74 Å². The Kier molecular flexibility index (Phi) is 3.84. The van der Waals surface area contributed by atoms with E-state index in [-0.39, 0.29) is 5.92 Å². The summed E-state index contributed by atoms with van der Waals surface area (Å²) in [6.45, 7) is 5.26. The number of aromatic nitrogens is 1. The zero-order chi connectivity index (χ0) is 14.9. The van der Waals surface area contributed by atoms with Gasteiger partial charge in [-0.25, -0.2) is 0 Å². The maximum Gasteiger partial charge on any atom is 0.228 e. The number of hydrogen-bond donors (Lipinski definition) is 0. The van der Waals surface area contributed by atoms with Gasteiger partial charge in [-0.3, -0.25) is 14.7 Å². The zero-order valence-corrected chi connectivity index (χ0v) is 12.9. The van der Waals surface area contributed by atoms with Crippen molar-refractivity contribution < 1.29 is 9.53 Å². The molecule has 3 aliphatic heterocycles. The molecular formula is C17H23N3O2. The fraction of sp³-hybridized carbons (Fsp3) is 0.647. The highest BCUT2D eigenvalue weighted by atomic mass is 16.5. The molecule has 3 saturated heterocycles. The van der Waals surface area contributed by atoms with Crippen molar-refractivity contribution in [3.8, 4) is 0 Å². The summed E-state index contributed by atoms with van der Waals surface area (Å²) in [5.74, 6) is 1.06. The van der Waals surface area contributed by atoms with Crippen LogP contribution in [0.25, 0.3) is 0 Å². The summed E-state index contributed by atoms with van der Waals surface area (Å²) in [4.78, 5) is 21.4. The number of carbonyl (C=O) groups is 1. The third-order valence-corrected chi connectivity index (χ3v) is 5.36. The average molecular weight is 301 g/mol. The predicted octanol–water partition coefficient (Wildman–Crippen LogP) is 1.15. The lowest BCUT2D eigenvalue weighted by Gasteiger charge is -2.25. The molecule has 0 radical (unpaired) electrons. The molecular weight excluding hydrogens is 278 g/mol. The van der Waals surface area contributed by atoms with Gasteiger partial charge in [-0.1, -0.05) is 6.07 Å². The van der Waals surface area contributed by atoms with E-state index >= 15 is 0 Å². The summed E-state index contributed by atoms with van der Waals surface area (Å²) < 4.78 is 5.37. The molecule has 5 heteroatoms. The Morgan fingerprint density at radius 1 is 1.36 bits per heavy atom. The summed E-state index contributed by atoms with van der Waals surface area (Å²) in [5.41, 5.74) is 1.26. The fourth-order valence-corrected chi connectivity index (χ4v) is 4.14. The third kappa shape index (κ3) is 2.63. The summed E-state index contributed by atoms with van der Waals surface area (Å²) in [7, 11) is 0. The van der Waals surface area contributed by atoms with E-state index in [0.29, 0.717) is 24.5 Å². The van der Waals surface area contributed by atoms with Crippen molar-refractivity contribution in [1.29, 1.82) is 0 Å². The van der Waals surface area contributed by atoms with Crippen LogP contribution in [0.15, 0.2) is 24.5 Å². The number of carbonyl (C=O) groups excluding carboxylic acids is 1. The second-order valence-electron chi connectivity index (χ2n) is 6.75. The number of nitrogens with zero attached hydrogens (tertiary/aromatic N) is 3. The molecule has 0 spiro atoms. The smallest absolute Gasteiger partial charge is 0.228 e. The van der Waals surface area contributed by atoms with E-state index in [1.807, 2.05) is 18.5 Å². The number of amides is 1. The Balaban J connectivity index is 1.39. The Morgan fingerprint density at radius 2 is 2.32 bits per heavy atom. The number of likely N-dealkylation sites (tertiary alicyclic amines) is 2. The molecule has 3 fully saturated rings. The van der Waals surface area contributed by atoms with Gasteiger partial charge in [0.2, 0.25) is 5.91 Å². The lowest BCUT2D eigenvalue weighted by atomic mass is 10.0. The molecule has 4 heterocycles. The van der Waals surface area contributed by atoms with E-state index in [9.17, 15) is 4.79 Å². The van der Waals surface area contributed by atoms with Crippen molar-refractivity contribution in [2.75, 3.05) is 32.8 Å². The molecule has 1 aromatic heterocycles. The first-order chi connectivity index (χ1) is 10.8. The van der Waals surface area contributed by atoms with E-state index in [2.05, 4.69) is 20.9 Å². The maximum atomic E-state index is 12.6. The van der Waals surface area contributed by atoms with Crippen LogP contribution in [0.5, 0.6) is 0 Å². The summed E-state index contributed by atoms with van der Waals surface area (Å²) in [6.07, 6.45) is 5.86. The van der Waals surface area contributed by atoms with Crippen LogP contribution >= 0.6 is 0 Å².